The first kappa shape index (κ1) is 11.0. The van der Waals surface area contributed by atoms with Crippen molar-refractivity contribution >= 4 is 6.09 Å². The maximum Gasteiger partial charge on any atom is 0.414 e. The van der Waals surface area contributed by atoms with Gasteiger partial charge in [-0.05, 0) is 26.8 Å². The van der Waals surface area contributed by atoms with Crippen LogP contribution >= 0.6 is 0 Å². The van der Waals surface area contributed by atoms with Crippen molar-refractivity contribution in [3.05, 3.63) is 12.3 Å². The standard InChI is InChI=1S/C10H18N2O2/c1-8(2)14-10(13)12-6-4-9(11-3)5-7-12/h9,11H,1,4-7H2,2-3H3. The number of allylic oxidation sites excluding steroid dienone is 1. The van der Waals surface area contributed by atoms with E-state index in [0.29, 0.717) is 11.8 Å². The minimum Gasteiger partial charge on any atom is -0.416 e. The number of likely N-dealkylation sites (tertiary alicyclic amines) is 1. The Hall–Kier alpha value is -1.03. The molecule has 1 N–H and O–H groups in total. The average molecular weight is 198 g/mol. The molecule has 1 aliphatic heterocycles. The third kappa shape index (κ3) is 3.03. The van der Waals surface area contributed by atoms with Gasteiger partial charge >= 0.3 is 6.09 Å². The van der Waals surface area contributed by atoms with Gasteiger partial charge in [-0.2, -0.15) is 0 Å². The highest BCUT2D eigenvalue weighted by Crippen LogP contribution is 2.11. The van der Waals surface area contributed by atoms with Crippen molar-refractivity contribution in [2.75, 3.05) is 20.1 Å². The molecule has 0 aromatic heterocycles. The Morgan fingerprint density at radius 2 is 2.07 bits per heavy atom. The van der Waals surface area contributed by atoms with Crippen LogP contribution in [-0.2, 0) is 4.74 Å². The van der Waals surface area contributed by atoms with Gasteiger partial charge in [-0.25, -0.2) is 4.79 Å². The van der Waals surface area contributed by atoms with Crippen molar-refractivity contribution in [2.24, 2.45) is 0 Å². The summed E-state index contributed by atoms with van der Waals surface area (Å²) >= 11 is 0. The van der Waals surface area contributed by atoms with Crippen molar-refractivity contribution in [3.8, 4) is 0 Å². The van der Waals surface area contributed by atoms with Gasteiger partial charge in [0.1, 0.15) is 0 Å². The highest BCUT2D eigenvalue weighted by Gasteiger charge is 2.22. The molecule has 0 unspecified atom stereocenters. The van der Waals surface area contributed by atoms with Crippen LogP contribution < -0.4 is 5.32 Å². The lowest BCUT2D eigenvalue weighted by atomic mass is 10.1. The lowest BCUT2D eigenvalue weighted by Gasteiger charge is -2.30. The quantitative estimate of drug-likeness (QED) is 0.681. The summed E-state index contributed by atoms with van der Waals surface area (Å²) in [5.41, 5.74) is 0. The van der Waals surface area contributed by atoms with Gasteiger partial charge in [0.05, 0.1) is 5.76 Å². The Kier molecular flexibility index (Phi) is 3.95. The van der Waals surface area contributed by atoms with Crippen molar-refractivity contribution in [3.63, 3.8) is 0 Å². The van der Waals surface area contributed by atoms with Crippen molar-refractivity contribution < 1.29 is 9.53 Å². The van der Waals surface area contributed by atoms with Gasteiger partial charge in [-0.15, -0.1) is 0 Å². The molecule has 0 spiro atoms. The van der Waals surface area contributed by atoms with Crippen LogP contribution in [0.2, 0.25) is 0 Å². The van der Waals surface area contributed by atoms with Gasteiger partial charge in [-0.3, -0.25) is 0 Å². The molecule has 14 heavy (non-hydrogen) atoms. The Morgan fingerprint density at radius 3 is 2.50 bits per heavy atom. The number of rotatable bonds is 2. The van der Waals surface area contributed by atoms with Crippen LogP contribution in [0.25, 0.3) is 0 Å². The molecule has 0 atom stereocenters. The monoisotopic (exact) mass is 198 g/mol. The SMILES string of the molecule is C=C(C)OC(=O)N1CCC(NC)CC1. The van der Waals surface area contributed by atoms with Gasteiger partial charge in [0.2, 0.25) is 0 Å². The van der Waals surface area contributed by atoms with E-state index >= 15 is 0 Å². The lowest BCUT2D eigenvalue weighted by molar-refractivity contribution is 0.115. The second-order valence-corrected chi connectivity index (χ2v) is 3.62. The normalized spacial score (nSPS) is 18.0. The fourth-order valence-electron chi connectivity index (χ4n) is 1.56. The van der Waals surface area contributed by atoms with Crippen LogP contribution in [0, 0.1) is 0 Å². The summed E-state index contributed by atoms with van der Waals surface area (Å²) in [4.78, 5) is 13.2. The number of piperidine rings is 1. The Labute approximate surface area is 84.9 Å². The number of carbonyl (C=O) groups excluding carboxylic acids is 1. The van der Waals surface area contributed by atoms with E-state index < -0.39 is 0 Å². The number of carbonyl (C=O) groups is 1. The molecule has 0 saturated carbocycles. The molecular weight excluding hydrogens is 180 g/mol. The van der Waals surface area contributed by atoms with E-state index in [2.05, 4.69) is 11.9 Å². The summed E-state index contributed by atoms with van der Waals surface area (Å²) in [6.45, 7) is 6.74. The molecule has 0 aromatic carbocycles. The van der Waals surface area contributed by atoms with E-state index in [0.717, 1.165) is 25.9 Å². The fraction of sp³-hybridized carbons (Fsp3) is 0.700. The minimum absolute atomic E-state index is 0.271. The van der Waals surface area contributed by atoms with E-state index in [-0.39, 0.29) is 6.09 Å². The van der Waals surface area contributed by atoms with Crippen LogP contribution in [0.4, 0.5) is 4.79 Å². The summed E-state index contributed by atoms with van der Waals surface area (Å²) in [6, 6.07) is 0.531. The highest BCUT2D eigenvalue weighted by atomic mass is 16.6. The molecule has 1 rings (SSSR count). The molecule has 1 heterocycles. The molecule has 0 aliphatic carbocycles. The summed E-state index contributed by atoms with van der Waals surface area (Å²) < 4.78 is 4.93. The molecule has 4 nitrogen and oxygen atoms in total. The van der Waals surface area contributed by atoms with Crippen LogP contribution in [0.5, 0.6) is 0 Å². The summed E-state index contributed by atoms with van der Waals surface area (Å²) in [5, 5.41) is 3.21. The molecule has 0 radical (unpaired) electrons. The minimum atomic E-state index is -0.271. The van der Waals surface area contributed by atoms with Gasteiger partial charge in [-0.1, -0.05) is 6.58 Å². The zero-order valence-electron chi connectivity index (χ0n) is 8.88. The molecule has 80 valence electrons. The molecule has 1 saturated heterocycles. The second-order valence-electron chi connectivity index (χ2n) is 3.62. The largest absolute Gasteiger partial charge is 0.416 e. The zero-order valence-corrected chi connectivity index (χ0v) is 8.88. The van der Waals surface area contributed by atoms with Gasteiger partial charge in [0.25, 0.3) is 0 Å². The second kappa shape index (κ2) is 5.00. The molecule has 4 heteroatoms. The fourth-order valence-corrected chi connectivity index (χ4v) is 1.56. The molecular formula is C10H18N2O2. The Morgan fingerprint density at radius 1 is 1.50 bits per heavy atom. The van der Waals surface area contributed by atoms with Gasteiger partial charge in [0.15, 0.2) is 0 Å². The molecule has 0 bridgehead atoms. The summed E-state index contributed by atoms with van der Waals surface area (Å²) in [7, 11) is 1.95. The number of nitrogens with zero attached hydrogens (tertiary/aromatic N) is 1. The first-order chi connectivity index (χ1) is 6.63. The predicted octanol–water partition coefficient (Wildman–Crippen LogP) is 1.34. The first-order valence-corrected chi connectivity index (χ1v) is 4.93. The van der Waals surface area contributed by atoms with Gasteiger partial charge < -0.3 is 15.0 Å². The van der Waals surface area contributed by atoms with E-state index in [1.807, 2.05) is 7.05 Å². The maximum absolute atomic E-state index is 11.4. The number of hydrogen-bond donors (Lipinski definition) is 1. The predicted molar refractivity (Wildman–Crippen MR) is 54.9 cm³/mol. The van der Waals surface area contributed by atoms with E-state index in [1.54, 1.807) is 11.8 Å². The average Bonchev–Trinajstić information content (AvgIpc) is 2.17. The summed E-state index contributed by atoms with van der Waals surface area (Å²) in [6.07, 6.45) is 1.70. The van der Waals surface area contributed by atoms with Gasteiger partial charge in [0, 0.05) is 19.1 Å². The van der Waals surface area contributed by atoms with Crippen LogP contribution in [0.3, 0.4) is 0 Å². The molecule has 1 aliphatic rings. The molecule has 1 amide bonds. The zero-order chi connectivity index (χ0) is 10.6. The van der Waals surface area contributed by atoms with Crippen molar-refractivity contribution in [2.45, 2.75) is 25.8 Å². The maximum atomic E-state index is 11.4. The molecule has 0 aromatic rings. The third-order valence-corrected chi connectivity index (χ3v) is 2.42. The highest BCUT2D eigenvalue weighted by molar-refractivity contribution is 5.68. The van der Waals surface area contributed by atoms with Crippen molar-refractivity contribution in [1.82, 2.24) is 10.2 Å². The van der Waals surface area contributed by atoms with Crippen LogP contribution in [0.15, 0.2) is 12.3 Å². The topological polar surface area (TPSA) is 41.6 Å². The summed E-state index contributed by atoms with van der Waals surface area (Å²) in [5.74, 6) is 0.450. The number of nitrogens with one attached hydrogen (secondary N) is 1. The Bertz CT molecular complexity index is 220. The lowest BCUT2D eigenvalue weighted by Crippen LogP contribution is -2.44. The molecule has 1 fully saturated rings. The van der Waals surface area contributed by atoms with E-state index in [1.165, 1.54) is 0 Å². The first-order valence-electron chi connectivity index (χ1n) is 4.93. The third-order valence-electron chi connectivity index (χ3n) is 2.42. The number of amides is 1. The smallest absolute Gasteiger partial charge is 0.414 e. The van der Waals surface area contributed by atoms with E-state index in [4.69, 9.17) is 4.74 Å². The van der Waals surface area contributed by atoms with E-state index in [9.17, 15) is 4.79 Å². The number of hydrogen-bond acceptors (Lipinski definition) is 3. The van der Waals surface area contributed by atoms with Crippen LogP contribution in [0.1, 0.15) is 19.8 Å². The number of ether oxygens (including phenoxy) is 1. The van der Waals surface area contributed by atoms with Crippen molar-refractivity contribution in [1.29, 1.82) is 0 Å². The Balaban J connectivity index is 2.34. The van der Waals surface area contributed by atoms with Crippen LogP contribution in [-0.4, -0.2) is 37.2 Å².